The molecule has 1 saturated heterocycles. The number of hydrogen-bond acceptors (Lipinski definition) is 7. The standard InChI is InChI=1S/C25H27ClN6O2/c1-17-15-31(11-12-32(17)24(33)19-7-4-3-5-8-19)16-20-13-21(26)14-22(18(20)2)28-25-30-29-23(34-25)9-6-10-27/h3-5,7-8,13-14,17H,6,9,11-12,15-16H2,1-2H3,(H,28,30)/t17-/m0/s1. The number of carbonyl (C=O) groups excluding carboxylic acids is 1. The number of anilines is 2. The molecule has 4 rings (SSSR count). The molecule has 2 aromatic carbocycles. The molecule has 0 saturated carbocycles. The molecule has 1 N–H and O–H groups in total. The van der Waals surface area contributed by atoms with E-state index in [1.54, 1.807) is 0 Å². The Balaban J connectivity index is 1.42. The second-order valence-electron chi connectivity index (χ2n) is 8.47. The Morgan fingerprint density at radius 1 is 1.26 bits per heavy atom. The van der Waals surface area contributed by atoms with Crippen molar-refractivity contribution < 1.29 is 9.21 Å². The first-order chi connectivity index (χ1) is 16.4. The van der Waals surface area contributed by atoms with Crippen LogP contribution < -0.4 is 5.32 Å². The highest BCUT2D eigenvalue weighted by atomic mass is 35.5. The van der Waals surface area contributed by atoms with Crippen LogP contribution in [0.15, 0.2) is 46.9 Å². The van der Waals surface area contributed by atoms with Gasteiger partial charge in [0.1, 0.15) is 0 Å². The third kappa shape index (κ3) is 5.56. The first-order valence-electron chi connectivity index (χ1n) is 11.3. The monoisotopic (exact) mass is 478 g/mol. The second-order valence-corrected chi connectivity index (χ2v) is 8.91. The van der Waals surface area contributed by atoms with Gasteiger partial charge < -0.3 is 14.6 Å². The maximum Gasteiger partial charge on any atom is 0.320 e. The first-order valence-corrected chi connectivity index (χ1v) is 11.7. The number of benzene rings is 2. The lowest BCUT2D eigenvalue weighted by molar-refractivity contribution is 0.0475. The quantitative estimate of drug-likeness (QED) is 0.530. The molecular formula is C25H27ClN6O2. The molecule has 1 amide bonds. The van der Waals surface area contributed by atoms with E-state index in [-0.39, 0.29) is 18.0 Å². The topological polar surface area (TPSA) is 98.3 Å². The van der Waals surface area contributed by atoms with Crippen LogP contribution in [-0.2, 0) is 13.0 Å². The Labute approximate surface area is 204 Å². The Bertz CT molecular complexity index is 1190. The number of nitrogens with one attached hydrogen (secondary N) is 1. The molecule has 1 aliphatic rings. The third-order valence-corrected chi connectivity index (χ3v) is 6.24. The second kappa shape index (κ2) is 10.7. The van der Waals surface area contributed by atoms with Gasteiger partial charge in [-0.05, 0) is 49.2 Å². The molecule has 8 nitrogen and oxygen atoms in total. The minimum atomic E-state index is 0.0758. The van der Waals surface area contributed by atoms with E-state index >= 15 is 0 Å². The summed E-state index contributed by atoms with van der Waals surface area (Å²) in [5.74, 6) is 0.493. The fourth-order valence-corrected chi connectivity index (χ4v) is 4.42. The number of amides is 1. The average Bonchev–Trinajstić information content (AvgIpc) is 3.28. The highest BCUT2D eigenvalue weighted by Crippen LogP contribution is 2.29. The van der Waals surface area contributed by atoms with E-state index in [1.165, 1.54) is 0 Å². The van der Waals surface area contributed by atoms with Gasteiger partial charge in [-0.3, -0.25) is 9.69 Å². The Hall–Kier alpha value is -3.41. The summed E-state index contributed by atoms with van der Waals surface area (Å²) in [4.78, 5) is 17.2. The van der Waals surface area contributed by atoms with Crippen LogP contribution in [0, 0.1) is 18.3 Å². The number of aryl methyl sites for hydroxylation is 1. The lowest BCUT2D eigenvalue weighted by Gasteiger charge is -2.40. The zero-order valence-electron chi connectivity index (χ0n) is 19.3. The molecule has 2 heterocycles. The number of piperazine rings is 1. The van der Waals surface area contributed by atoms with Gasteiger partial charge in [0, 0.05) is 61.3 Å². The van der Waals surface area contributed by atoms with E-state index in [4.69, 9.17) is 21.3 Å². The summed E-state index contributed by atoms with van der Waals surface area (Å²) < 4.78 is 5.58. The fourth-order valence-electron chi connectivity index (χ4n) is 4.18. The summed E-state index contributed by atoms with van der Waals surface area (Å²) in [6.45, 7) is 7.07. The normalized spacial score (nSPS) is 16.3. The molecule has 1 atom stereocenters. The zero-order chi connectivity index (χ0) is 24.1. The molecule has 1 aromatic heterocycles. The molecule has 34 heavy (non-hydrogen) atoms. The molecule has 0 radical (unpaired) electrons. The highest BCUT2D eigenvalue weighted by Gasteiger charge is 2.28. The van der Waals surface area contributed by atoms with Crippen LogP contribution in [0.4, 0.5) is 11.7 Å². The summed E-state index contributed by atoms with van der Waals surface area (Å²) in [6.07, 6.45) is 0.743. The molecule has 176 valence electrons. The van der Waals surface area contributed by atoms with Crippen LogP contribution in [0.5, 0.6) is 0 Å². The number of hydrogen-bond donors (Lipinski definition) is 1. The van der Waals surface area contributed by atoms with Crippen molar-refractivity contribution in [1.82, 2.24) is 20.0 Å². The van der Waals surface area contributed by atoms with Gasteiger partial charge in [0.25, 0.3) is 5.91 Å². The summed E-state index contributed by atoms with van der Waals surface area (Å²) in [5.41, 5.74) is 3.65. The molecule has 0 spiro atoms. The number of nitrogens with zero attached hydrogens (tertiary/aromatic N) is 5. The largest absolute Gasteiger partial charge is 0.408 e. The molecule has 3 aromatic rings. The number of carbonyl (C=O) groups is 1. The minimum absolute atomic E-state index is 0.0758. The summed E-state index contributed by atoms with van der Waals surface area (Å²) in [5, 5.41) is 20.5. The van der Waals surface area contributed by atoms with Gasteiger partial charge in [-0.15, -0.1) is 5.10 Å². The van der Waals surface area contributed by atoms with Gasteiger partial charge in [-0.1, -0.05) is 34.9 Å². The van der Waals surface area contributed by atoms with Crippen LogP contribution in [0.2, 0.25) is 5.02 Å². The van der Waals surface area contributed by atoms with Gasteiger partial charge in [0.2, 0.25) is 5.89 Å². The number of halogens is 1. The molecular weight excluding hydrogens is 452 g/mol. The van der Waals surface area contributed by atoms with Crippen LogP contribution in [0.1, 0.15) is 40.7 Å². The summed E-state index contributed by atoms with van der Waals surface area (Å²) in [6, 6.07) is 15.7. The van der Waals surface area contributed by atoms with Crippen molar-refractivity contribution in [2.75, 3.05) is 25.0 Å². The number of aromatic nitrogens is 2. The fraction of sp³-hybridized carbons (Fsp3) is 0.360. The third-order valence-electron chi connectivity index (χ3n) is 6.03. The van der Waals surface area contributed by atoms with Crippen LogP contribution in [-0.4, -0.2) is 51.6 Å². The maximum atomic E-state index is 12.9. The first kappa shape index (κ1) is 23.7. The van der Waals surface area contributed by atoms with Gasteiger partial charge >= 0.3 is 6.01 Å². The van der Waals surface area contributed by atoms with E-state index in [1.807, 2.05) is 54.3 Å². The van der Waals surface area contributed by atoms with Crippen molar-refractivity contribution in [1.29, 1.82) is 5.26 Å². The molecule has 0 aliphatic carbocycles. The SMILES string of the molecule is Cc1c(CN2CCN(C(=O)c3ccccc3)[C@@H](C)C2)cc(Cl)cc1Nc1nnc(CCC#N)o1. The number of rotatable bonds is 7. The zero-order valence-corrected chi connectivity index (χ0v) is 20.0. The van der Waals surface area contributed by atoms with Crippen molar-refractivity contribution in [3.63, 3.8) is 0 Å². The van der Waals surface area contributed by atoms with Gasteiger partial charge in [0.05, 0.1) is 6.07 Å². The van der Waals surface area contributed by atoms with Crippen LogP contribution in [0.25, 0.3) is 0 Å². The van der Waals surface area contributed by atoms with E-state index in [2.05, 4.69) is 33.4 Å². The van der Waals surface area contributed by atoms with E-state index in [0.29, 0.717) is 30.3 Å². The van der Waals surface area contributed by atoms with Gasteiger partial charge in [-0.25, -0.2) is 0 Å². The van der Waals surface area contributed by atoms with Gasteiger partial charge in [-0.2, -0.15) is 5.26 Å². The van der Waals surface area contributed by atoms with Crippen LogP contribution >= 0.6 is 11.6 Å². The summed E-state index contributed by atoms with van der Waals surface area (Å²) >= 11 is 6.43. The lowest BCUT2D eigenvalue weighted by atomic mass is 10.0. The molecule has 1 aliphatic heterocycles. The summed E-state index contributed by atoms with van der Waals surface area (Å²) in [7, 11) is 0. The molecule has 0 unspecified atom stereocenters. The molecule has 0 bridgehead atoms. The van der Waals surface area contributed by atoms with Crippen molar-refractivity contribution in [2.45, 2.75) is 39.3 Å². The van der Waals surface area contributed by atoms with Gasteiger partial charge in [0.15, 0.2) is 0 Å². The predicted octanol–water partition coefficient (Wildman–Crippen LogP) is 4.58. The van der Waals surface area contributed by atoms with Crippen molar-refractivity contribution in [3.05, 3.63) is 70.1 Å². The highest BCUT2D eigenvalue weighted by molar-refractivity contribution is 6.31. The van der Waals surface area contributed by atoms with E-state index in [9.17, 15) is 4.79 Å². The smallest absolute Gasteiger partial charge is 0.320 e. The maximum absolute atomic E-state index is 12.9. The Morgan fingerprint density at radius 3 is 2.79 bits per heavy atom. The van der Waals surface area contributed by atoms with Crippen molar-refractivity contribution in [3.8, 4) is 6.07 Å². The molecule has 9 heteroatoms. The van der Waals surface area contributed by atoms with Crippen molar-refractivity contribution in [2.24, 2.45) is 0 Å². The lowest BCUT2D eigenvalue weighted by Crippen LogP contribution is -2.53. The van der Waals surface area contributed by atoms with E-state index in [0.717, 1.165) is 42.0 Å². The Kier molecular flexibility index (Phi) is 7.46. The number of nitriles is 1. The molecule has 1 fully saturated rings. The van der Waals surface area contributed by atoms with Crippen molar-refractivity contribution >= 4 is 29.2 Å². The van der Waals surface area contributed by atoms with Crippen LogP contribution in [0.3, 0.4) is 0 Å². The van der Waals surface area contributed by atoms with E-state index < -0.39 is 0 Å². The average molecular weight is 479 g/mol. The minimum Gasteiger partial charge on any atom is -0.408 e. The Morgan fingerprint density at radius 2 is 2.06 bits per heavy atom. The predicted molar refractivity (Wildman–Crippen MR) is 130 cm³/mol.